The van der Waals surface area contributed by atoms with Crippen LogP contribution in [0.15, 0.2) is 42.7 Å². The van der Waals surface area contributed by atoms with E-state index in [9.17, 15) is 4.79 Å². The van der Waals surface area contributed by atoms with Gasteiger partial charge in [-0.05, 0) is 55.9 Å². The van der Waals surface area contributed by atoms with Crippen LogP contribution in [0, 0.1) is 5.92 Å². The van der Waals surface area contributed by atoms with Gasteiger partial charge in [-0.15, -0.1) is 0 Å². The van der Waals surface area contributed by atoms with Crippen molar-refractivity contribution < 1.29 is 4.79 Å². The van der Waals surface area contributed by atoms with Gasteiger partial charge in [0.2, 0.25) is 5.91 Å². The van der Waals surface area contributed by atoms with E-state index in [0.29, 0.717) is 5.91 Å². The van der Waals surface area contributed by atoms with Crippen LogP contribution in [0.1, 0.15) is 51.0 Å². The smallest absolute Gasteiger partial charge is 0.226 e. The maximum absolute atomic E-state index is 13.1. The lowest BCUT2D eigenvalue weighted by atomic mass is 9.82. The fourth-order valence-electron chi connectivity index (χ4n) is 4.74. The van der Waals surface area contributed by atoms with Crippen molar-refractivity contribution >= 4 is 17.5 Å². The van der Waals surface area contributed by atoms with E-state index in [-0.39, 0.29) is 11.5 Å². The zero-order valence-corrected chi connectivity index (χ0v) is 16.7. The van der Waals surface area contributed by atoms with Gasteiger partial charge in [-0.3, -0.25) is 9.78 Å². The Bertz CT molecular complexity index is 814. The number of hydrogen-bond acceptors (Lipinski definition) is 2. The van der Waals surface area contributed by atoms with Crippen LogP contribution in [-0.2, 0) is 11.2 Å². The summed E-state index contributed by atoms with van der Waals surface area (Å²) in [7, 11) is 0. The minimum absolute atomic E-state index is 0.0606. The number of benzene rings is 1. The Kier molecular flexibility index (Phi) is 5.23. The topological polar surface area (TPSA) is 33.2 Å². The maximum Gasteiger partial charge on any atom is 0.226 e. The monoisotopic (exact) mass is 382 g/mol. The van der Waals surface area contributed by atoms with Crippen molar-refractivity contribution in [3.8, 4) is 11.1 Å². The summed E-state index contributed by atoms with van der Waals surface area (Å²) in [6.07, 6.45) is 11.4. The number of rotatable bonds is 4. The number of nitrogens with zero attached hydrogens (tertiary/aromatic N) is 2. The Balaban J connectivity index is 1.47. The van der Waals surface area contributed by atoms with E-state index in [0.717, 1.165) is 53.9 Å². The molecule has 0 radical (unpaired) electrons. The summed E-state index contributed by atoms with van der Waals surface area (Å²) in [5.41, 5.74) is 3.25. The highest BCUT2D eigenvalue weighted by molar-refractivity contribution is 6.31. The predicted molar refractivity (Wildman–Crippen MR) is 110 cm³/mol. The van der Waals surface area contributed by atoms with E-state index < -0.39 is 0 Å². The van der Waals surface area contributed by atoms with Gasteiger partial charge in [0.1, 0.15) is 0 Å². The first-order chi connectivity index (χ1) is 13.1. The van der Waals surface area contributed by atoms with Crippen molar-refractivity contribution in [3.63, 3.8) is 0 Å². The molecular weight excluding hydrogens is 356 g/mol. The Morgan fingerprint density at radius 2 is 2.00 bits per heavy atom. The fourth-order valence-corrected chi connectivity index (χ4v) is 5.00. The maximum atomic E-state index is 13.1. The van der Waals surface area contributed by atoms with E-state index in [2.05, 4.69) is 28.9 Å². The van der Waals surface area contributed by atoms with Crippen molar-refractivity contribution in [1.82, 2.24) is 9.88 Å². The molecule has 1 atom stereocenters. The van der Waals surface area contributed by atoms with Crippen LogP contribution >= 0.6 is 11.6 Å². The zero-order valence-electron chi connectivity index (χ0n) is 16.0. The largest absolute Gasteiger partial charge is 0.337 e. The molecule has 4 rings (SSSR count). The van der Waals surface area contributed by atoms with Crippen LogP contribution in [0.2, 0.25) is 5.02 Å². The van der Waals surface area contributed by atoms with Gasteiger partial charge in [0.25, 0.3) is 0 Å². The molecule has 1 aliphatic heterocycles. The number of likely N-dealkylation sites (tertiary alicyclic amines) is 1. The van der Waals surface area contributed by atoms with Crippen molar-refractivity contribution in [2.75, 3.05) is 6.54 Å². The molecule has 0 spiro atoms. The lowest BCUT2D eigenvalue weighted by Crippen LogP contribution is -2.49. The number of amides is 1. The summed E-state index contributed by atoms with van der Waals surface area (Å²) < 4.78 is 0. The molecule has 4 heteroatoms. The minimum atomic E-state index is 0.0606. The highest BCUT2D eigenvalue weighted by Gasteiger charge is 2.42. The molecule has 1 aromatic heterocycles. The number of pyridine rings is 1. The van der Waals surface area contributed by atoms with E-state index >= 15 is 0 Å². The molecule has 3 nitrogen and oxygen atoms in total. The minimum Gasteiger partial charge on any atom is -0.337 e. The van der Waals surface area contributed by atoms with Gasteiger partial charge in [0.15, 0.2) is 0 Å². The Labute approximate surface area is 166 Å². The van der Waals surface area contributed by atoms with Crippen molar-refractivity contribution in [2.24, 2.45) is 5.92 Å². The van der Waals surface area contributed by atoms with Crippen LogP contribution in [-0.4, -0.2) is 27.9 Å². The molecule has 1 saturated heterocycles. The molecule has 1 saturated carbocycles. The number of aromatic nitrogens is 1. The third-order valence-electron chi connectivity index (χ3n) is 6.41. The molecule has 142 valence electrons. The van der Waals surface area contributed by atoms with Gasteiger partial charge in [-0.1, -0.05) is 49.1 Å². The standard InChI is InChI=1S/C23H27ClN2O/c1-23(10-3-2-4-11-23)26-13-9-19(22(26)27)14-18-8-7-17(15-21(18)24)20-6-5-12-25-16-20/h5-8,12,15-16,19H,2-4,9-11,13-14H2,1H3. The third kappa shape index (κ3) is 3.75. The molecule has 1 aliphatic carbocycles. The molecule has 2 fully saturated rings. The second-order valence-corrected chi connectivity index (χ2v) is 8.69. The van der Waals surface area contributed by atoms with Crippen LogP contribution in [0.4, 0.5) is 0 Å². The molecule has 27 heavy (non-hydrogen) atoms. The number of carbonyl (C=O) groups excluding carboxylic acids is 1. The number of halogens is 1. The van der Waals surface area contributed by atoms with E-state index in [4.69, 9.17) is 11.6 Å². The van der Waals surface area contributed by atoms with Gasteiger partial charge in [-0.2, -0.15) is 0 Å². The first-order valence-corrected chi connectivity index (χ1v) is 10.4. The molecule has 0 N–H and O–H groups in total. The molecule has 2 aromatic rings. The van der Waals surface area contributed by atoms with Crippen LogP contribution < -0.4 is 0 Å². The average Bonchev–Trinajstić information content (AvgIpc) is 3.06. The van der Waals surface area contributed by atoms with Crippen LogP contribution in [0.25, 0.3) is 11.1 Å². The first-order valence-electron chi connectivity index (χ1n) is 10.1. The molecule has 0 bridgehead atoms. The Hall–Kier alpha value is -1.87. The van der Waals surface area contributed by atoms with E-state index in [1.807, 2.05) is 24.4 Å². The van der Waals surface area contributed by atoms with Gasteiger partial charge in [0, 0.05) is 41.0 Å². The second-order valence-electron chi connectivity index (χ2n) is 8.29. The zero-order chi connectivity index (χ0) is 18.9. The van der Waals surface area contributed by atoms with Crippen LogP contribution in [0.5, 0.6) is 0 Å². The SMILES string of the molecule is CC1(N2CCC(Cc3ccc(-c4cccnc4)cc3Cl)C2=O)CCCCC1. The summed E-state index contributed by atoms with van der Waals surface area (Å²) in [5, 5.41) is 0.742. The summed E-state index contributed by atoms with van der Waals surface area (Å²) >= 11 is 6.57. The quantitative estimate of drug-likeness (QED) is 0.697. The van der Waals surface area contributed by atoms with Crippen molar-refractivity contribution in [3.05, 3.63) is 53.3 Å². The normalized spacial score (nSPS) is 22.2. The summed E-state index contributed by atoms with van der Waals surface area (Å²) in [6.45, 7) is 3.17. The molecule has 2 heterocycles. The number of carbonyl (C=O) groups is 1. The average molecular weight is 383 g/mol. The van der Waals surface area contributed by atoms with E-state index in [1.165, 1.54) is 19.3 Å². The second kappa shape index (κ2) is 7.63. The van der Waals surface area contributed by atoms with Crippen molar-refractivity contribution in [1.29, 1.82) is 0 Å². The predicted octanol–water partition coefficient (Wildman–Crippen LogP) is 5.52. The van der Waals surface area contributed by atoms with E-state index in [1.54, 1.807) is 6.20 Å². The van der Waals surface area contributed by atoms with Crippen LogP contribution in [0.3, 0.4) is 0 Å². The fraction of sp³-hybridized carbons (Fsp3) is 0.478. The van der Waals surface area contributed by atoms with Crippen molar-refractivity contribution in [2.45, 2.75) is 57.4 Å². The summed E-state index contributed by atoms with van der Waals surface area (Å²) in [6, 6.07) is 10.1. The number of hydrogen-bond donors (Lipinski definition) is 0. The third-order valence-corrected chi connectivity index (χ3v) is 6.76. The molecule has 1 amide bonds. The summed E-state index contributed by atoms with van der Waals surface area (Å²) in [5.74, 6) is 0.386. The molecule has 1 aromatic carbocycles. The Morgan fingerprint density at radius 1 is 1.19 bits per heavy atom. The van der Waals surface area contributed by atoms with Gasteiger partial charge in [0.05, 0.1) is 0 Å². The lowest BCUT2D eigenvalue weighted by Gasteiger charge is -2.42. The lowest BCUT2D eigenvalue weighted by molar-refractivity contribution is -0.137. The summed E-state index contributed by atoms with van der Waals surface area (Å²) in [4.78, 5) is 19.4. The molecule has 2 aliphatic rings. The molecular formula is C23H27ClN2O. The van der Waals surface area contributed by atoms with Gasteiger partial charge < -0.3 is 4.90 Å². The highest BCUT2D eigenvalue weighted by atomic mass is 35.5. The highest BCUT2D eigenvalue weighted by Crippen LogP contribution is 2.38. The Morgan fingerprint density at radius 3 is 2.70 bits per heavy atom. The first kappa shape index (κ1) is 18.5. The van der Waals surface area contributed by atoms with Gasteiger partial charge >= 0.3 is 0 Å². The molecule has 1 unspecified atom stereocenters. The van der Waals surface area contributed by atoms with Gasteiger partial charge in [-0.25, -0.2) is 0 Å².